The van der Waals surface area contributed by atoms with Crippen molar-refractivity contribution in [1.29, 1.82) is 0 Å². The lowest BCUT2D eigenvalue weighted by Crippen LogP contribution is -2.72. The molecule has 176 valence electrons. The van der Waals surface area contributed by atoms with Crippen molar-refractivity contribution >= 4 is 11.4 Å². The molecule has 0 bridgehead atoms. The zero-order valence-electron chi connectivity index (χ0n) is 18.8. The molecule has 2 aliphatic heterocycles. The summed E-state index contributed by atoms with van der Waals surface area (Å²) in [6, 6.07) is 11.0. The summed E-state index contributed by atoms with van der Waals surface area (Å²) in [4.78, 5) is 28.5. The Morgan fingerprint density at radius 2 is 1.94 bits per heavy atom. The molecule has 0 saturated carbocycles. The largest absolute Gasteiger partial charge is 0.396 e. The van der Waals surface area contributed by atoms with Crippen molar-refractivity contribution in [1.82, 2.24) is 14.9 Å². The van der Waals surface area contributed by atoms with E-state index in [1.165, 1.54) is 6.07 Å². The van der Waals surface area contributed by atoms with E-state index in [2.05, 4.69) is 24.9 Å². The molecule has 2 fully saturated rings. The summed E-state index contributed by atoms with van der Waals surface area (Å²) in [5.41, 5.74) is 3.51. The highest BCUT2D eigenvalue weighted by Gasteiger charge is 2.51. The summed E-state index contributed by atoms with van der Waals surface area (Å²) in [6.07, 6.45) is 3.47. The summed E-state index contributed by atoms with van der Waals surface area (Å²) in [7, 11) is 0. The molecule has 1 spiro atoms. The summed E-state index contributed by atoms with van der Waals surface area (Å²) in [5, 5.41) is 4.08. The third-order valence-corrected chi connectivity index (χ3v) is 6.25. The van der Waals surface area contributed by atoms with Gasteiger partial charge in [-0.3, -0.25) is 14.7 Å². The number of oxime groups is 1. The lowest BCUT2D eigenvalue weighted by Gasteiger charge is -2.61. The number of benzene rings is 1. The molecule has 1 N–H and O–H groups in total. The maximum absolute atomic E-state index is 13.8. The van der Waals surface area contributed by atoms with Gasteiger partial charge in [0.15, 0.2) is 11.6 Å². The summed E-state index contributed by atoms with van der Waals surface area (Å²) < 4.78 is 27.1. The first-order valence-electron chi connectivity index (χ1n) is 11.2. The van der Waals surface area contributed by atoms with Gasteiger partial charge in [-0.2, -0.15) is 0 Å². The molecule has 2 aromatic heterocycles. The van der Waals surface area contributed by atoms with E-state index in [9.17, 15) is 13.6 Å². The number of aromatic nitrogens is 2. The second-order valence-electron chi connectivity index (χ2n) is 8.95. The standard InChI is InChI=1S/C25H25F2N5O2/c1-2-34-30-24(18-4-5-20(26)21(27)9-18)22-6-3-17(11-29-22)12-31-13-25(14-31)15-32(16-25)19-7-8-28-23(33)10-19/h3-11H,2,12-16H2,1H3,(H,28,33)/b30-24+. The van der Waals surface area contributed by atoms with E-state index in [4.69, 9.17) is 4.84 Å². The zero-order chi connectivity index (χ0) is 23.7. The average molecular weight is 466 g/mol. The fourth-order valence-electron chi connectivity index (χ4n) is 4.73. The molecule has 0 atom stereocenters. The first-order chi connectivity index (χ1) is 16.4. The molecule has 5 rings (SSSR count). The Labute approximate surface area is 195 Å². The Morgan fingerprint density at radius 1 is 1.12 bits per heavy atom. The van der Waals surface area contributed by atoms with E-state index >= 15 is 0 Å². The van der Waals surface area contributed by atoms with Gasteiger partial charge >= 0.3 is 0 Å². The number of aromatic amines is 1. The van der Waals surface area contributed by atoms with Gasteiger partial charge in [-0.15, -0.1) is 0 Å². The molecule has 9 heteroatoms. The number of rotatable bonds is 7. The predicted octanol–water partition coefficient (Wildman–Crippen LogP) is 3.16. The van der Waals surface area contributed by atoms with Crippen LogP contribution in [0.15, 0.2) is 64.8 Å². The minimum atomic E-state index is -0.946. The Hall–Kier alpha value is -3.59. The number of anilines is 1. The molecule has 1 aromatic carbocycles. The summed E-state index contributed by atoms with van der Waals surface area (Å²) in [6.45, 7) is 6.83. The van der Waals surface area contributed by atoms with Gasteiger partial charge in [0.25, 0.3) is 0 Å². The van der Waals surface area contributed by atoms with E-state index in [0.29, 0.717) is 29.0 Å². The van der Waals surface area contributed by atoms with Gasteiger partial charge in [-0.05, 0) is 42.8 Å². The molecule has 0 unspecified atom stereocenters. The Morgan fingerprint density at radius 3 is 2.62 bits per heavy atom. The van der Waals surface area contributed by atoms with Crippen LogP contribution in [0.1, 0.15) is 23.7 Å². The fourth-order valence-corrected chi connectivity index (χ4v) is 4.73. The van der Waals surface area contributed by atoms with E-state index < -0.39 is 11.6 Å². The molecule has 34 heavy (non-hydrogen) atoms. The maximum atomic E-state index is 13.8. The van der Waals surface area contributed by atoms with Gasteiger partial charge in [0, 0.05) is 67.8 Å². The summed E-state index contributed by atoms with van der Waals surface area (Å²) >= 11 is 0. The van der Waals surface area contributed by atoms with Crippen LogP contribution in [0.3, 0.4) is 0 Å². The van der Waals surface area contributed by atoms with Crippen molar-refractivity contribution < 1.29 is 13.6 Å². The quantitative estimate of drug-likeness (QED) is 0.429. The Kier molecular flexibility index (Phi) is 5.87. The number of hydrogen-bond acceptors (Lipinski definition) is 6. The number of nitrogens with zero attached hydrogens (tertiary/aromatic N) is 4. The number of H-pyrrole nitrogens is 1. The highest BCUT2D eigenvalue weighted by atomic mass is 19.2. The minimum absolute atomic E-state index is 0.0799. The highest BCUT2D eigenvalue weighted by molar-refractivity contribution is 6.11. The number of pyridine rings is 2. The third kappa shape index (κ3) is 4.43. The molecule has 2 saturated heterocycles. The Balaban J connectivity index is 1.20. The third-order valence-electron chi connectivity index (χ3n) is 6.25. The summed E-state index contributed by atoms with van der Waals surface area (Å²) in [5.74, 6) is -1.86. The van der Waals surface area contributed by atoms with Crippen LogP contribution in [0.5, 0.6) is 0 Å². The van der Waals surface area contributed by atoms with Gasteiger partial charge in [-0.1, -0.05) is 11.2 Å². The molecular formula is C25H25F2N5O2. The second-order valence-corrected chi connectivity index (χ2v) is 8.95. The SMILES string of the molecule is CCO/N=C(\c1ccc(F)c(F)c1)c1ccc(CN2CC3(C2)CN(c2cc[nH]c(=O)c2)C3)cn1. The van der Waals surface area contributed by atoms with E-state index in [1.54, 1.807) is 25.4 Å². The molecule has 2 aliphatic rings. The first-order valence-corrected chi connectivity index (χ1v) is 11.2. The molecule has 3 aromatic rings. The van der Waals surface area contributed by atoms with Crippen molar-refractivity contribution in [2.24, 2.45) is 10.6 Å². The van der Waals surface area contributed by atoms with Crippen LogP contribution < -0.4 is 10.5 Å². The molecule has 7 nitrogen and oxygen atoms in total. The zero-order valence-corrected chi connectivity index (χ0v) is 18.8. The van der Waals surface area contributed by atoms with Crippen LogP contribution in [-0.4, -0.2) is 53.4 Å². The van der Waals surface area contributed by atoms with Crippen LogP contribution in [0.25, 0.3) is 0 Å². The van der Waals surface area contributed by atoms with E-state index in [1.807, 2.05) is 18.2 Å². The molecule has 0 aliphatic carbocycles. The number of hydrogen-bond donors (Lipinski definition) is 1. The monoisotopic (exact) mass is 465 g/mol. The van der Waals surface area contributed by atoms with E-state index in [-0.39, 0.29) is 5.56 Å². The second kappa shape index (κ2) is 8.98. The fraction of sp³-hybridized carbons (Fsp3) is 0.320. The minimum Gasteiger partial charge on any atom is -0.396 e. The number of halogens is 2. The molecule has 4 heterocycles. The maximum Gasteiger partial charge on any atom is 0.249 e. The predicted molar refractivity (Wildman–Crippen MR) is 125 cm³/mol. The topological polar surface area (TPSA) is 73.8 Å². The highest BCUT2D eigenvalue weighted by Crippen LogP contribution is 2.42. The lowest BCUT2D eigenvalue weighted by atomic mass is 9.72. The van der Waals surface area contributed by atoms with Crippen molar-refractivity contribution in [2.45, 2.75) is 13.5 Å². The van der Waals surface area contributed by atoms with Crippen molar-refractivity contribution in [2.75, 3.05) is 37.7 Å². The lowest BCUT2D eigenvalue weighted by molar-refractivity contribution is -0.0273. The van der Waals surface area contributed by atoms with Crippen LogP contribution in [0.2, 0.25) is 0 Å². The van der Waals surface area contributed by atoms with Gasteiger partial charge in [0.2, 0.25) is 5.56 Å². The van der Waals surface area contributed by atoms with Gasteiger partial charge in [0.1, 0.15) is 12.3 Å². The average Bonchev–Trinajstić information content (AvgIpc) is 2.78. The van der Waals surface area contributed by atoms with E-state index in [0.717, 1.165) is 56.1 Å². The molecule has 0 radical (unpaired) electrons. The van der Waals surface area contributed by atoms with Crippen LogP contribution >= 0.6 is 0 Å². The van der Waals surface area contributed by atoms with Gasteiger partial charge in [0.05, 0.1) is 5.69 Å². The first kappa shape index (κ1) is 22.2. The smallest absolute Gasteiger partial charge is 0.249 e. The Bertz CT molecular complexity index is 1260. The number of likely N-dealkylation sites (tertiary alicyclic amines) is 1. The van der Waals surface area contributed by atoms with Crippen molar-refractivity contribution in [3.63, 3.8) is 0 Å². The van der Waals surface area contributed by atoms with Crippen molar-refractivity contribution in [3.05, 3.63) is 93.7 Å². The van der Waals surface area contributed by atoms with Crippen LogP contribution in [-0.2, 0) is 11.4 Å². The van der Waals surface area contributed by atoms with Crippen LogP contribution in [0.4, 0.5) is 14.5 Å². The van der Waals surface area contributed by atoms with Gasteiger partial charge in [-0.25, -0.2) is 8.78 Å². The van der Waals surface area contributed by atoms with Gasteiger partial charge < -0.3 is 14.7 Å². The van der Waals surface area contributed by atoms with Crippen LogP contribution in [0, 0.1) is 17.0 Å². The molecule has 0 amide bonds. The number of nitrogens with one attached hydrogen (secondary N) is 1. The van der Waals surface area contributed by atoms with Crippen molar-refractivity contribution in [3.8, 4) is 0 Å². The normalized spacial score (nSPS) is 17.4. The molecular weight excluding hydrogens is 440 g/mol.